The van der Waals surface area contributed by atoms with Crippen molar-refractivity contribution in [2.75, 3.05) is 20.8 Å². The van der Waals surface area contributed by atoms with Gasteiger partial charge in [0.15, 0.2) is 0 Å². The van der Waals surface area contributed by atoms with Crippen LogP contribution < -0.4 is 9.47 Å². The number of rotatable bonds is 6. The maximum Gasteiger partial charge on any atom is 0.232 e. The average Bonchev–Trinajstić information content (AvgIpc) is 3.35. The molecule has 2 heterocycles. The normalized spacial score (nSPS) is 16.4. The van der Waals surface area contributed by atoms with Gasteiger partial charge < -0.3 is 18.9 Å². The van der Waals surface area contributed by atoms with Gasteiger partial charge in [-0.3, -0.25) is 4.79 Å². The highest BCUT2D eigenvalue weighted by Crippen LogP contribution is 2.32. The first-order chi connectivity index (χ1) is 13.7. The zero-order valence-corrected chi connectivity index (χ0v) is 15.8. The number of ether oxygens (including phenoxy) is 2. The fraction of sp³-hybridized carbons (Fsp3) is 0.286. The van der Waals surface area contributed by atoms with Gasteiger partial charge in [0.05, 0.1) is 25.7 Å². The van der Waals surface area contributed by atoms with Crippen molar-refractivity contribution in [1.29, 1.82) is 0 Å². The molecule has 3 aromatic rings. The van der Waals surface area contributed by atoms with Crippen molar-refractivity contribution in [3.8, 4) is 22.9 Å². The summed E-state index contributed by atoms with van der Waals surface area (Å²) < 4.78 is 16.1. The lowest BCUT2D eigenvalue weighted by Gasteiger charge is -2.16. The predicted molar refractivity (Wildman–Crippen MR) is 102 cm³/mol. The number of aromatic nitrogens is 2. The summed E-state index contributed by atoms with van der Waals surface area (Å²) in [4.78, 5) is 18.8. The van der Waals surface area contributed by atoms with Gasteiger partial charge in [0.25, 0.3) is 0 Å². The molecule has 0 bridgehead atoms. The number of carbonyl (C=O) groups excluding carboxylic acids is 1. The Bertz CT molecular complexity index is 985. The molecule has 0 saturated carbocycles. The summed E-state index contributed by atoms with van der Waals surface area (Å²) in [5.41, 5.74) is 1.78. The summed E-state index contributed by atoms with van der Waals surface area (Å²) >= 11 is 0. The second-order valence-corrected chi connectivity index (χ2v) is 6.68. The summed E-state index contributed by atoms with van der Waals surface area (Å²) in [6.45, 7) is 1.07. The van der Waals surface area contributed by atoms with Crippen molar-refractivity contribution >= 4 is 5.91 Å². The predicted octanol–water partition coefficient (Wildman–Crippen LogP) is 3.27. The molecule has 0 radical (unpaired) electrons. The Hall–Kier alpha value is -3.35. The smallest absolute Gasteiger partial charge is 0.232 e. The van der Waals surface area contributed by atoms with Crippen molar-refractivity contribution in [2.45, 2.75) is 18.9 Å². The minimum atomic E-state index is -0.117. The van der Waals surface area contributed by atoms with Gasteiger partial charge >= 0.3 is 0 Å². The highest BCUT2D eigenvalue weighted by Gasteiger charge is 2.34. The lowest BCUT2D eigenvalue weighted by molar-refractivity contribution is -0.128. The van der Waals surface area contributed by atoms with E-state index in [0.29, 0.717) is 37.0 Å². The molecule has 144 valence electrons. The van der Waals surface area contributed by atoms with Gasteiger partial charge in [-0.15, -0.1) is 0 Å². The van der Waals surface area contributed by atoms with Crippen LogP contribution in [0, 0.1) is 0 Å². The zero-order valence-electron chi connectivity index (χ0n) is 15.8. The third-order valence-corrected chi connectivity index (χ3v) is 4.86. The van der Waals surface area contributed by atoms with Crippen molar-refractivity contribution < 1.29 is 18.8 Å². The number of methoxy groups -OCH3 is 2. The van der Waals surface area contributed by atoms with E-state index in [4.69, 9.17) is 14.0 Å². The maximum atomic E-state index is 12.5. The van der Waals surface area contributed by atoms with Crippen LogP contribution >= 0.6 is 0 Å². The Balaban J connectivity index is 1.49. The Labute approximate surface area is 162 Å². The first kappa shape index (κ1) is 18.0. The molecule has 0 spiro atoms. The van der Waals surface area contributed by atoms with E-state index in [0.717, 1.165) is 16.9 Å². The Morgan fingerprint density at radius 1 is 1.14 bits per heavy atom. The summed E-state index contributed by atoms with van der Waals surface area (Å²) in [5, 5.41) is 4.08. The number of likely N-dealkylation sites (tertiary alicyclic amines) is 1. The average molecular weight is 379 g/mol. The maximum absolute atomic E-state index is 12.5. The Morgan fingerprint density at radius 2 is 2.00 bits per heavy atom. The van der Waals surface area contributed by atoms with Crippen LogP contribution in [0.1, 0.15) is 23.8 Å². The van der Waals surface area contributed by atoms with E-state index in [9.17, 15) is 4.79 Å². The van der Waals surface area contributed by atoms with Crippen LogP contribution in [0.3, 0.4) is 0 Å². The van der Waals surface area contributed by atoms with Crippen LogP contribution in [0.5, 0.6) is 11.5 Å². The van der Waals surface area contributed by atoms with E-state index in [-0.39, 0.29) is 11.8 Å². The number of nitrogens with zero attached hydrogens (tertiary/aromatic N) is 3. The largest absolute Gasteiger partial charge is 0.497 e. The monoisotopic (exact) mass is 379 g/mol. The molecule has 7 nitrogen and oxygen atoms in total. The summed E-state index contributed by atoms with van der Waals surface area (Å²) in [5.74, 6) is 2.35. The first-order valence-corrected chi connectivity index (χ1v) is 9.05. The molecule has 1 aromatic heterocycles. The fourth-order valence-electron chi connectivity index (χ4n) is 3.42. The van der Waals surface area contributed by atoms with Crippen LogP contribution in [-0.4, -0.2) is 41.7 Å². The van der Waals surface area contributed by atoms with Crippen molar-refractivity contribution in [2.24, 2.45) is 0 Å². The minimum absolute atomic E-state index is 0.0739. The number of hydrogen-bond donors (Lipinski definition) is 0. The number of carbonyl (C=O) groups is 1. The Morgan fingerprint density at radius 3 is 2.82 bits per heavy atom. The molecule has 1 saturated heterocycles. The van der Waals surface area contributed by atoms with E-state index in [1.807, 2.05) is 53.4 Å². The van der Waals surface area contributed by atoms with Crippen LogP contribution in [0.2, 0.25) is 0 Å². The van der Waals surface area contributed by atoms with Gasteiger partial charge in [-0.1, -0.05) is 29.4 Å². The fourth-order valence-corrected chi connectivity index (χ4v) is 3.42. The van der Waals surface area contributed by atoms with Crippen LogP contribution in [-0.2, 0) is 11.3 Å². The molecule has 28 heavy (non-hydrogen) atoms. The summed E-state index contributed by atoms with van der Waals surface area (Å²) in [6, 6.07) is 15.2. The molecule has 1 unspecified atom stereocenters. The number of benzene rings is 2. The molecule has 1 fully saturated rings. The molecule has 1 aliphatic heterocycles. The highest BCUT2D eigenvalue weighted by atomic mass is 16.5. The van der Waals surface area contributed by atoms with E-state index in [1.54, 1.807) is 14.2 Å². The second-order valence-electron chi connectivity index (χ2n) is 6.68. The van der Waals surface area contributed by atoms with E-state index < -0.39 is 0 Å². The van der Waals surface area contributed by atoms with Crippen LogP contribution in [0.4, 0.5) is 0 Å². The van der Waals surface area contributed by atoms with E-state index in [2.05, 4.69) is 10.1 Å². The van der Waals surface area contributed by atoms with E-state index >= 15 is 0 Å². The van der Waals surface area contributed by atoms with E-state index in [1.165, 1.54) is 0 Å². The molecular formula is C21H21N3O4. The molecule has 7 heteroatoms. The topological polar surface area (TPSA) is 77.7 Å². The number of hydrogen-bond acceptors (Lipinski definition) is 6. The minimum Gasteiger partial charge on any atom is -0.497 e. The van der Waals surface area contributed by atoms with Crippen molar-refractivity contribution in [3.05, 3.63) is 60.0 Å². The van der Waals surface area contributed by atoms with Crippen LogP contribution in [0.25, 0.3) is 11.4 Å². The molecule has 0 aliphatic carbocycles. The molecule has 1 amide bonds. The second kappa shape index (κ2) is 7.72. The highest BCUT2D eigenvalue weighted by molar-refractivity contribution is 5.79. The quantitative estimate of drug-likeness (QED) is 0.654. The molecule has 2 aromatic carbocycles. The van der Waals surface area contributed by atoms with Gasteiger partial charge in [0.1, 0.15) is 11.5 Å². The molecule has 0 N–H and O–H groups in total. The van der Waals surface area contributed by atoms with Gasteiger partial charge in [-0.2, -0.15) is 4.98 Å². The molecule has 1 aliphatic rings. The standard InChI is InChI=1S/C21H21N3O4/c1-26-16-7-5-6-14(10-16)12-24-13-15(11-19(24)25)21-22-20(23-28-21)17-8-3-4-9-18(17)27-2/h3-10,15H,11-13H2,1-2H3. The van der Waals surface area contributed by atoms with Gasteiger partial charge in [0.2, 0.25) is 17.6 Å². The first-order valence-electron chi connectivity index (χ1n) is 9.05. The molecule has 1 atom stereocenters. The third-order valence-electron chi connectivity index (χ3n) is 4.86. The number of amides is 1. The summed E-state index contributed by atoms with van der Waals surface area (Å²) in [6.07, 6.45) is 0.359. The zero-order chi connectivity index (χ0) is 19.5. The summed E-state index contributed by atoms with van der Waals surface area (Å²) in [7, 11) is 3.23. The third kappa shape index (κ3) is 3.55. The molecule has 4 rings (SSSR count). The lowest BCUT2D eigenvalue weighted by atomic mass is 10.1. The van der Waals surface area contributed by atoms with Crippen molar-refractivity contribution in [1.82, 2.24) is 15.0 Å². The number of para-hydroxylation sites is 1. The lowest BCUT2D eigenvalue weighted by Crippen LogP contribution is -2.24. The van der Waals surface area contributed by atoms with Gasteiger partial charge in [0, 0.05) is 19.5 Å². The van der Waals surface area contributed by atoms with Gasteiger partial charge in [-0.25, -0.2) is 0 Å². The van der Waals surface area contributed by atoms with Crippen molar-refractivity contribution in [3.63, 3.8) is 0 Å². The SMILES string of the molecule is COc1cccc(CN2CC(c3nc(-c4ccccc4OC)no3)CC2=O)c1. The molecular weight excluding hydrogens is 358 g/mol. The van der Waals surface area contributed by atoms with Gasteiger partial charge in [-0.05, 0) is 29.8 Å². The van der Waals surface area contributed by atoms with Crippen LogP contribution in [0.15, 0.2) is 53.1 Å². The Kier molecular flexibility index (Phi) is 4.97.